The number of nitrogens with zero attached hydrogens (tertiary/aromatic N) is 2. The summed E-state index contributed by atoms with van der Waals surface area (Å²) in [7, 11) is 1.82. The van der Waals surface area contributed by atoms with Gasteiger partial charge in [0.15, 0.2) is 0 Å². The minimum absolute atomic E-state index is 0.00966. The number of anilines is 1. The number of rotatable bonds is 8. The Balaban J connectivity index is 0.000000449. The molecule has 8 heteroatoms. The normalized spacial score (nSPS) is 14.4. The highest BCUT2D eigenvalue weighted by Crippen LogP contribution is 2.29. The number of benzene rings is 2. The van der Waals surface area contributed by atoms with Gasteiger partial charge in [-0.3, -0.25) is 9.59 Å². The summed E-state index contributed by atoms with van der Waals surface area (Å²) in [4.78, 5) is 31.1. The molecule has 0 saturated carbocycles. The summed E-state index contributed by atoms with van der Waals surface area (Å²) < 4.78 is 23.9. The molecule has 1 aliphatic carbocycles. The first kappa shape index (κ1) is 29.6. The first-order chi connectivity index (χ1) is 18.6. The van der Waals surface area contributed by atoms with E-state index in [4.69, 9.17) is 0 Å². The van der Waals surface area contributed by atoms with Crippen molar-refractivity contribution in [3.05, 3.63) is 101 Å². The van der Waals surface area contributed by atoms with Crippen LogP contribution in [0.15, 0.2) is 72.9 Å². The van der Waals surface area contributed by atoms with Crippen LogP contribution in [-0.4, -0.2) is 47.4 Å². The highest BCUT2D eigenvalue weighted by Gasteiger charge is 2.29. The number of amides is 2. The maximum Gasteiger partial charge on any atom is 0.242 e. The number of hydrogen-bond donors (Lipinski definition) is 2. The van der Waals surface area contributed by atoms with E-state index in [9.17, 15) is 18.4 Å². The van der Waals surface area contributed by atoms with Gasteiger partial charge in [-0.15, -0.1) is 0 Å². The molecule has 0 saturated heterocycles. The Morgan fingerprint density at radius 1 is 1.03 bits per heavy atom. The average Bonchev–Trinajstić information content (AvgIpc) is 3.33. The largest absolute Gasteiger partial charge is 0.340 e. The molecule has 0 radical (unpaired) electrons. The van der Waals surface area contributed by atoms with Gasteiger partial charge in [0, 0.05) is 31.8 Å². The maximum atomic E-state index is 12.6. The second-order valence-corrected chi connectivity index (χ2v) is 10.0. The number of halogens is 2. The molecule has 0 bridgehead atoms. The first-order valence-corrected chi connectivity index (χ1v) is 13.0. The lowest BCUT2D eigenvalue weighted by molar-refractivity contribution is -0.135. The number of pyridine rings is 1. The van der Waals surface area contributed by atoms with Gasteiger partial charge in [0.1, 0.15) is 17.5 Å². The van der Waals surface area contributed by atoms with E-state index in [1.165, 1.54) is 29.3 Å². The average molecular weight is 535 g/mol. The van der Waals surface area contributed by atoms with Crippen molar-refractivity contribution in [1.29, 1.82) is 0 Å². The Kier molecular flexibility index (Phi) is 10.5. The van der Waals surface area contributed by atoms with Gasteiger partial charge >= 0.3 is 0 Å². The summed E-state index contributed by atoms with van der Waals surface area (Å²) in [6.45, 7) is 7.09. The summed E-state index contributed by atoms with van der Waals surface area (Å²) in [5, 5.41) is 6.12. The number of likely N-dealkylation sites (N-methyl/N-ethyl adjacent to an activating group) is 2. The van der Waals surface area contributed by atoms with Gasteiger partial charge in [0.2, 0.25) is 11.8 Å². The van der Waals surface area contributed by atoms with Crippen LogP contribution in [0.4, 0.5) is 14.6 Å². The summed E-state index contributed by atoms with van der Waals surface area (Å²) in [6.07, 6.45) is 7.18. The molecule has 1 atom stereocenters. The Morgan fingerprint density at radius 3 is 2.36 bits per heavy atom. The third kappa shape index (κ3) is 8.82. The van der Waals surface area contributed by atoms with Crippen molar-refractivity contribution in [2.75, 3.05) is 25.5 Å². The zero-order valence-corrected chi connectivity index (χ0v) is 22.9. The van der Waals surface area contributed by atoms with Crippen molar-refractivity contribution in [3.8, 4) is 0 Å². The van der Waals surface area contributed by atoms with E-state index in [1.807, 2.05) is 52.1 Å². The standard InChI is InChI=1S/C25H32N4O2.C6H4F2/c1-5-27-25(2,3)24(31)29(4)14-8-9-18-11-12-19-16-21(17-20(19)15-18)23(30)28-22-10-6-7-13-26-22;7-5-2-1-3-6(8)4-5/h6-13,15,21,27H,5,14,16-17H2,1-4H3,(H,26,28,30);1-4H/b9-8+;. The predicted molar refractivity (Wildman–Crippen MR) is 151 cm³/mol. The number of nitrogens with one attached hydrogen (secondary N) is 2. The first-order valence-electron chi connectivity index (χ1n) is 13.0. The predicted octanol–water partition coefficient (Wildman–Crippen LogP) is 5.26. The molecular formula is C31H36F2N4O2. The van der Waals surface area contributed by atoms with Gasteiger partial charge in [0.05, 0.1) is 5.54 Å². The highest BCUT2D eigenvalue weighted by atomic mass is 19.1. The van der Waals surface area contributed by atoms with E-state index >= 15 is 0 Å². The van der Waals surface area contributed by atoms with Crippen molar-refractivity contribution in [3.63, 3.8) is 0 Å². The van der Waals surface area contributed by atoms with Crippen molar-refractivity contribution in [2.24, 2.45) is 5.92 Å². The molecule has 4 rings (SSSR count). The third-order valence-corrected chi connectivity index (χ3v) is 6.43. The van der Waals surface area contributed by atoms with Crippen LogP contribution in [0.25, 0.3) is 6.08 Å². The Labute approximate surface area is 229 Å². The van der Waals surface area contributed by atoms with Gasteiger partial charge in [-0.1, -0.05) is 49.4 Å². The molecule has 1 aromatic heterocycles. The summed E-state index contributed by atoms with van der Waals surface area (Å²) in [5.41, 5.74) is 2.94. The second kappa shape index (κ2) is 13.8. The number of aromatic nitrogens is 1. The summed E-state index contributed by atoms with van der Waals surface area (Å²) in [5.74, 6) is -0.489. The van der Waals surface area contributed by atoms with E-state index in [0.717, 1.165) is 31.0 Å². The smallest absolute Gasteiger partial charge is 0.242 e. The van der Waals surface area contributed by atoms with Crippen LogP contribution in [0.3, 0.4) is 0 Å². The van der Waals surface area contributed by atoms with Crippen LogP contribution >= 0.6 is 0 Å². The lowest BCUT2D eigenvalue weighted by Crippen LogP contribution is -2.53. The number of carbonyl (C=O) groups excluding carboxylic acids is 2. The minimum Gasteiger partial charge on any atom is -0.340 e. The molecule has 0 aliphatic heterocycles. The molecule has 2 amide bonds. The third-order valence-electron chi connectivity index (χ3n) is 6.43. The zero-order chi connectivity index (χ0) is 28.4. The summed E-state index contributed by atoms with van der Waals surface area (Å²) in [6, 6.07) is 16.3. The molecule has 39 heavy (non-hydrogen) atoms. The topological polar surface area (TPSA) is 74.3 Å². The Bertz CT molecular complexity index is 1280. The van der Waals surface area contributed by atoms with Gasteiger partial charge in [-0.25, -0.2) is 13.8 Å². The highest BCUT2D eigenvalue weighted by molar-refractivity contribution is 5.92. The van der Waals surface area contributed by atoms with Crippen molar-refractivity contribution in [2.45, 2.75) is 39.2 Å². The van der Waals surface area contributed by atoms with Crippen molar-refractivity contribution >= 4 is 23.7 Å². The zero-order valence-electron chi connectivity index (χ0n) is 22.9. The van der Waals surface area contributed by atoms with Crippen molar-refractivity contribution < 1.29 is 18.4 Å². The van der Waals surface area contributed by atoms with Crippen LogP contribution in [0.5, 0.6) is 0 Å². The fourth-order valence-electron chi connectivity index (χ4n) is 4.48. The molecule has 0 spiro atoms. The lowest BCUT2D eigenvalue weighted by atomic mass is 10.0. The molecular weight excluding hydrogens is 498 g/mol. The monoisotopic (exact) mass is 534 g/mol. The van der Waals surface area contributed by atoms with Gasteiger partial charge in [-0.2, -0.15) is 0 Å². The minimum atomic E-state index is -0.574. The molecule has 206 valence electrons. The van der Waals surface area contributed by atoms with Crippen LogP contribution in [0.2, 0.25) is 0 Å². The number of fused-ring (bicyclic) bond motifs is 1. The second-order valence-electron chi connectivity index (χ2n) is 10.0. The van der Waals surface area contributed by atoms with Crippen LogP contribution in [0, 0.1) is 17.6 Å². The van der Waals surface area contributed by atoms with E-state index in [-0.39, 0.29) is 17.7 Å². The molecule has 6 nitrogen and oxygen atoms in total. The molecule has 3 aromatic rings. The van der Waals surface area contributed by atoms with Gasteiger partial charge < -0.3 is 15.5 Å². The fraction of sp³-hybridized carbons (Fsp3) is 0.323. The molecule has 1 unspecified atom stereocenters. The number of hydrogen-bond acceptors (Lipinski definition) is 4. The SMILES string of the molecule is CCNC(C)(C)C(=O)N(C)C/C=C/c1ccc2c(c1)CC(C(=O)Nc1ccccn1)C2.Fc1cccc(F)c1. The molecule has 0 fully saturated rings. The molecule has 2 aromatic carbocycles. The van der Waals surface area contributed by atoms with E-state index < -0.39 is 17.2 Å². The molecule has 1 heterocycles. The lowest BCUT2D eigenvalue weighted by Gasteiger charge is -2.29. The van der Waals surface area contributed by atoms with E-state index in [1.54, 1.807) is 17.2 Å². The summed E-state index contributed by atoms with van der Waals surface area (Å²) >= 11 is 0. The number of carbonyl (C=O) groups is 2. The van der Waals surface area contributed by atoms with E-state index in [2.05, 4.69) is 33.8 Å². The fourth-order valence-corrected chi connectivity index (χ4v) is 4.48. The Hall–Kier alpha value is -3.91. The maximum absolute atomic E-state index is 12.6. The van der Waals surface area contributed by atoms with Crippen LogP contribution < -0.4 is 10.6 Å². The van der Waals surface area contributed by atoms with Gasteiger partial charge in [-0.05, 0) is 74.2 Å². The van der Waals surface area contributed by atoms with Crippen LogP contribution in [0.1, 0.15) is 37.5 Å². The van der Waals surface area contributed by atoms with E-state index in [0.29, 0.717) is 12.4 Å². The Morgan fingerprint density at radius 2 is 1.74 bits per heavy atom. The molecule has 2 N–H and O–H groups in total. The van der Waals surface area contributed by atoms with Crippen molar-refractivity contribution in [1.82, 2.24) is 15.2 Å². The molecule has 1 aliphatic rings. The van der Waals surface area contributed by atoms with Gasteiger partial charge in [0.25, 0.3) is 0 Å². The van der Waals surface area contributed by atoms with Crippen LogP contribution in [-0.2, 0) is 22.4 Å². The quantitative estimate of drug-likeness (QED) is 0.414.